The van der Waals surface area contributed by atoms with Gasteiger partial charge in [-0.15, -0.1) is 0 Å². The molecule has 1 amide bonds. The third-order valence-electron chi connectivity index (χ3n) is 5.78. The van der Waals surface area contributed by atoms with Crippen LogP contribution in [-0.2, 0) is 4.79 Å². The maximum Gasteiger partial charge on any atom is 0.278 e. The summed E-state index contributed by atoms with van der Waals surface area (Å²) in [7, 11) is 3.07. The number of carbonyl (C=O) groups is 1. The SMILES string of the molecule is CCC(C(=O)Nc1ccc(OC)c(OC)c1)n1nc(C)c2nn(-c3ccccc3)c(C)c2c1=O. The average molecular weight is 462 g/mol. The number of amides is 1. The molecule has 1 N–H and O–H groups in total. The number of fused-ring (bicyclic) bond motifs is 1. The van der Waals surface area contributed by atoms with E-state index in [4.69, 9.17) is 9.47 Å². The first-order valence-corrected chi connectivity index (χ1v) is 11.0. The second kappa shape index (κ2) is 9.38. The maximum absolute atomic E-state index is 13.5. The van der Waals surface area contributed by atoms with Gasteiger partial charge >= 0.3 is 0 Å². The fourth-order valence-electron chi connectivity index (χ4n) is 4.02. The van der Waals surface area contributed by atoms with Crippen molar-refractivity contribution in [3.63, 3.8) is 0 Å². The molecule has 9 nitrogen and oxygen atoms in total. The zero-order valence-corrected chi connectivity index (χ0v) is 19.8. The van der Waals surface area contributed by atoms with Crippen molar-refractivity contribution in [3.8, 4) is 17.2 Å². The van der Waals surface area contributed by atoms with Crippen molar-refractivity contribution in [2.75, 3.05) is 19.5 Å². The van der Waals surface area contributed by atoms with Crippen LogP contribution in [0.4, 0.5) is 5.69 Å². The van der Waals surface area contributed by atoms with Crippen molar-refractivity contribution >= 4 is 22.5 Å². The molecule has 4 rings (SSSR count). The standard InChI is InChI=1S/C25H27N5O4/c1-6-19(24(31)26-17-12-13-20(33-4)21(14-17)34-5)30-25(32)22-16(3)29(18-10-8-7-9-11-18)28-23(22)15(2)27-30/h7-14,19H,6H2,1-5H3,(H,26,31). The summed E-state index contributed by atoms with van der Waals surface area (Å²) in [5.74, 6) is 0.693. The molecule has 0 spiro atoms. The molecule has 1 atom stereocenters. The van der Waals surface area contributed by atoms with Gasteiger partial charge in [-0.25, -0.2) is 9.36 Å². The lowest BCUT2D eigenvalue weighted by Gasteiger charge is -2.18. The van der Waals surface area contributed by atoms with Crippen LogP contribution in [0.25, 0.3) is 16.6 Å². The Kier molecular flexibility index (Phi) is 6.36. The summed E-state index contributed by atoms with van der Waals surface area (Å²) in [6, 6.07) is 13.9. The number of hydrogen-bond donors (Lipinski definition) is 1. The van der Waals surface area contributed by atoms with E-state index in [0.29, 0.717) is 45.9 Å². The smallest absolute Gasteiger partial charge is 0.278 e. The predicted molar refractivity (Wildman–Crippen MR) is 130 cm³/mol. The van der Waals surface area contributed by atoms with Crippen molar-refractivity contribution in [3.05, 3.63) is 70.3 Å². The molecule has 9 heteroatoms. The van der Waals surface area contributed by atoms with Gasteiger partial charge in [-0.1, -0.05) is 25.1 Å². The molecule has 2 aromatic heterocycles. The summed E-state index contributed by atoms with van der Waals surface area (Å²) >= 11 is 0. The first kappa shape index (κ1) is 23.0. The van der Waals surface area contributed by atoms with Crippen molar-refractivity contribution in [1.29, 1.82) is 0 Å². The van der Waals surface area contributed by atoms with Crippen LogP contribution >= 0.6 is 0 Å². The minimum Gasteiger partial charge on any atom is -0.493 e. The molecule has 0 saturated carbocycles. The number of hydrogen-bond acceptors (Lipinski definition) is 6. The Morgan fingerprint density at radius 3 is 2.38 bits per heavy atom. The number of rotatable bonds is 7. The number of anilines is 1. The first-order chi connectivity index (χ1) is 16.4. The number of nitrogens with zero attached hydrogens (tertiary/aromatic N) is 4. The summed E-state index contributed by atoms with van der Waals surface area (Å²) < 4.78 is 13.6. The normalized spacial score (nSPS) is 11.9. The summed E-state index contributed by atoms with van der Waals surface area (Å²) in [6.07, 6.45) is 0.378. The molecule has 34 heavy (non-hydrogen) atoms. The van der Waals surface area contributed by atoms with Gasteiger partial charge in [0, 0.05) is 11.8 Å². The highest BCUT2D eigenvalue weighted by Crippen LogP contribution is 2.30. The van der Waals surface area contributed by atoms with Gasteiger partial charge in [-0.3, -0.25) is 9.59 Å². The number of ether oxygens (including phenoxy) is 2. The van der Waals surface area contributed by atoms with Crippen LogP contribution in [-0.4, -0.2) is 39.7 Å². The van der Waals surface area contributed by atoms with Crippen LogP contribution < -0.4 is 20.3 Å². The highest BCUT2D eigenvalue weighted by atomic mass is 16.5. The van der Waals surface area contributed by atoms with Gasteiger partial charge in [-0.05, 0) is 44.5 Å². The molecule has 176 valence electrons. The minimum atomic E-state index is -0.803. The quantitative estimate of drug-likeness (QED) is 0.449. The second-order valence-corrected chi connectivity index (χ2v) is 7.87. The van der Waals surface area contributed by atoms with E-state index in [9.17, 15) is 9.59 Å². The van der Waals surface area contributed by atoms with Crippen LogP contribution in [0, 0.1) is 13.8 Å². The number of methoxy groups -OCH3 is 2. The fraction of sp³-hybridized carbons (Fsp3) is 0.280. The summed E-state index contributed by atoms with van der Waals surface area (Å²) in [5, 5.41) is 12.4. The Morgan fingerprint density at radius 2 is 1.74 bits per heavy atom. The molecular weight excluding hydrogens is 434 g/mol. The molecule has 2 aromatic carbocycles. The monoisotopic (exact) mass is 461 g/mol. The number of aryl methyl sites for hydroxylation is 2. The third kappa shape index (κ3) is 4.00. The van der Waals surface area contributed by atoms with Crippen molar-refractivity contribution in [2.24, 2.45) is 0 Å². The Hall–Kier alpha value is -4.14. The Labute approximate surface area is 196 Å². The van der Waals surface area contributed by atoms with E-state index in [0.717, 1.165) is 5.69 Å². The lowest BCUT2D eigenvalue weighted by atomic mass is 10.1. The number of nitrogens with one attached hydrogen (secondary N) is 1. The van der Waals surface area contributed by atoms with Gasteiger partial charge in [0.15, 0.2) is 11.5 Å². The van der Waals surface area contributed by atoms with Crippen molar-refractivity contribution in [2.45, 2.75) is 33.2 Å². The van der Waals surface area contributed by atoms with Gasteiger partial charge in [0.2, 0.25) is 5.91 Å². The zero-order chi connectivity index (χ0) is 24.4. The second-order valence-electron chi connectivity index (χ2n) is 7.87. The predicted octanol–water partition coefficient (Wildman–Crippen LogP) is 3.81. The van der Waals surface area contributed by atoms with Crippen LogP contribution in [0.5, 0.6) is 11.5 Å². The summed E-state index contributed by atoms with van der Waals surface area (Å²) in [4.78, 5) is 26.7. The largest absolute Gasteiger partial charge is 0.493 e. The van der Waals surface area contributed by atoms with Gasteiger partial charge in [0.05, 0.1) is 36.7 Å². The molecule has 0 aliphatic carbocycles. The lowest BCUT2D eigenvalue weighted by molar-refractivity contribution is -0.119. The van der Waals surface area contributed by atoms with Gasteiger partial charge in [-0.2, -0.15) is 10.2 Å². The average Bonchev–Trinajstić information content (AvgIpc) is 3.21. The molecule has 0 aliphatic heterocycles. The van der Waals surface area contributed by atoms with Crippen molar-refractivity contribution in [1.82, 2.24) is 19.6 Å². The molecule has 0 bridgehead atoms. The Balaban J connectivity index is 1.74. The first-order valence-electron chi connectivity index (χ1n) is 11.0. The molecule has 0 radical (unpaired) electrons. The lowest BCUT2D eigenvalue weighted by Crippen LogP contribution is -2.35. The molecule has 1 unspecified atom stereocenters. The van der Waals surface area contributed by atoms with Crippen LogP contribution in [0.1, 0.15) is 30.8 Å². The third-order valence-corrected chi connectivity index (χ3v) is 5.78. The zero-order valence-electron chi connectivity index (χ0n) is 19.8. The number of aromatic nitrogens is 4. The number of benzene rings is 2. The van der Waals surface area contributed by atoms with E-state index in [-0.39, 0.29) is 11.5 Å². The Bertz CT molecular complexity index is 1410. The van der Waals surface area contributed by atoms with Gasteiger partial charge in [0.1, 0.15) is 11.6 Å². The maximum atomic E-state index is 13.5. The molecule has 0 fully saturated rings. The molecule has 0 aliphatic rings. The minimum absolute atomic E-state index is 0.351. The highest BCUT2D eigenvalue weighted by Gasteiger charge is 2.25. The van der Waals surface area contributed by atoms with E-state index in [1.807, 2.05) is 44.2 Å². The van der Waals surface area contributed by atoms with E-state index in [1.54, 1.807) is 36.9 Å². The van der Waals surface area contributed by atoms with Crippen LogP contribution in [0.15, 0.2) is 53.3 Å². The van der Waals surface area contributed by atoms with E-state index in [1.165, 1.54) is 11.8 Å². The summed E-state index contributed by atoms with van der Waals surface area (Å²) in [5.41, 5.74) is 2.82. The Morgan fingerprint density at radius 1 is 1.03 bits per heavy atom. The van der Waals surface area contributed by atoms with E-state index >= 15 is 0 Å². The van der Waals surface area contributed by atoms with Crippen LogP contribution in [0.2, 0.25) is 0 Å². The molecule has 2 heterocycles. The van der Waals surface area contributed by atoms with Gasteiger partial charge in [0.25, 0.3) is 5.56 Å². The van der Waals surface area contributed by atoms with Gasteiger partial charge < -0.3 is 14.8 Å². The van der Waals surface area contributed by atoms with Crippen LogP contribution in [0.3, 0.4) is 0 Å². The van der Waals surface area contributed by atoms with Crippen molar-refractivity contribution < 1.29 is 14.3 Å². The number of para-hydroxylation sites is 1. The fourth-order valence-corrected chi connectivity index (χ4v) is 4.02. The molecule has 4 aromatic rings. The molecule has 0 saturated heterocycles. The van der Waals surface area contributed by atoms with E-state index in [2.05, 4.69) is 15.5 Å². The number of carbonyl (C=O) groups excluding carboxylic acids is 1. The molecular formula is C25H27N5O4. The summed E-state index contributed by atoms with van der Waals surface area (Å²) in [6.45, 7) is 5.48. The van der Waals surface area contributed by atoms with E-state index < -0.39 is 6.04 Å². The topological polar surface area (TPSA) is 100 Å². The highest BCUT2D eigenvalue weighted by molar-refractivity contribution is 5.94.